The number of rotatable bonds is 5. The maximum Gasteiger partial charge on any atom is 0.0150 e. The van der Waals surface area contributed by atoms with Crippen LogP contribution in [0.5, 0.6) is 0 Å². The monoisotopic (exact) mass is 185 g/mol. The average molecular weight is 185 g/mol. The molecule has 0 fully saturated rings. The van der Waals surface area contributed by atoms with Crippen molar-refractivity contribution in [1.29, 1.82) is 0 Å². The molecule has 0 aromatic rings. The second-order valence-corrected chi connectivity index (χ2v) is 5.19. The van der Waals surface area contributed by atoms with Gasteiger partial charge >= 0.3 is 0 Å². The van der Waals surface area contributed by atoms with Crippen LogP contribution in [0.1, 0.15) is 54.9 Å². The fourth-order valence-corrected chi connectivity index (χ4v) is 1.25. The van der Waals surface area contributed by atoms with Crippen molar-refractivity contribution in [3.63, 3.8) is 0 Å². The van der Waals surface area contributed by atoms with Gasteiger partial charge in [0.1, 0.15) is 0 Å². The summed E-state index contributed by atoms with van der Waals surface area (Å²) in [5.41, 5.74) is 0.253. The highest BCUT2D eigenvalue weighted by molar-refractivity contribution is 4.84. The van der Waals surface area contributed by atoms with E-state index in [0.717, 1.165) is 5.92 Å². The summed E-state index contributed by atoms with van der Waals surface area (Å²) >= 11 is 0. The lowest BCUT2D eigenvalue weighted by Gasteiger charge is -2.36. The van der Waals surface area contributed by atoms with Crippen molar-refractivity contribution in [2.75, 3.05) is 0 Å². The Kier molecular flexibility index (Phi) is 4.98. The molecular weight excluding hydrogens is 158 g/mol. The fourth-order valence-electron chi connectivity index (χ4n) is 1.25. The maximum absolute atomic E-state index is 3.71. The molecule has 0 bridgehead atoms. The summed E-state index contributed by atoms with van der Waals surface area (Å²) in [4.78, 5) is 0. The maximum atomic E-state index is 3.71. The van der Waals surface area contributed by atoms with Gasteiger partial charge in [-0.25, -0.2) is 0 Å². The summed E-state index contributed by atoms with van der Waals surface area (Å²) in [5, 5.41) is 3.71. The Morgan fingerprint density at radius 1 is 1.08 bits per heavy atom. The van der Waals surface area contributed by atoms with Crippen LogP contribution in [-0.2, 0) is 0 Å². The number of hydrogen-bond acceptors (Lipinski definition) is 1. The average Bonchev–Trinajstić information content (AvgIpc) is 2.01. The molecule has 1 nitrogen and oxygen atoms in total. The quantitative estimate of drug-likeness (QED) is 0.692. The van der Waals surface area contributed by atoms with Crippen molar-refractivity contribution < 1.29 is 0 Å². The predicted octanol–water partition coefficient (Wildman–Crippen LogP) is 3.45. The van der Waals surface area contributed by atoms with Gasteiger partial charge in [0.15, 0.2) is 0 Å². The van der Waals surface area contributed by atoms with Crippen molar-refractivity contribution in [3.05, 3.63) is 0 Å². The molecule has 0 rings (SSSR count). The van der Waals surface area contributed by atoms with E-state index in [1.807, 2.05) is 0 Å². The zero-order valence-electron chi connectivity index (χ0n) is 10.4. The van der Waals surface area contributed by atoms with Crippen LogP contribution in [0.25, 0.3) is 0 Å². The number of hydrogen-bond donors (Lipinski definition) is 1. The topological polar surface area (TPSA) is 12.0 Å². The highest BCUT2D eigenvalue weighted by Crippen LogP contribution is 2.18. The molecule has 80 valence electrons. The van der Waals surface area contributed by atoms with Crippen molar-refractivity contribution in [2.24, 2.45) is 11.8 Å². The zero-order valence-corrected chi connectivity index (χ0v) is 10.4. The Bertz CT molecular complexity index is 138. The molecule has 0 aromatic carbocycles. The van der Waals surface area contributed by atoms with E-state index in [1.165, 1.54) is 6.42 Å². The van der Waals surface area contributed by atoms with Crippen LogP contribution in [-0.4, -0.2) is 11.6 Å². The zero-order chi connectivity index (χ0) is 10.6. The minimum Gasteiger partial charge on any atom is -0.309 e. The van der Waals surface area contributed by atoms with Gasteiger partial charge in [0.25, 0.3) is 0 Å². The Morgan fingerprint density at radius 3 is 1.85 bits per heavy atom. The van der Waals surface area contributed by atoms with Crippen molar-refractivity contribution in [1.82, 2.24) is 5.32 Å². The molecule has 0 aromatic heterocycles. The summed E-state index contributed by atoms with van der Waals surface area (Å²) in [5.74, 6) is 1.44. The Hall–Kier alpha value is -0.0400. The van der Waals surface area contributed by atoms with Gasteiger partial charge in [-0.1, -0.05) is 34.1 Å². The number of nitrogens with one attached hydrogen (secondary N) is 1. The van der Waals surface area contributed by atoms with Crippen LogP contribution in [0.2, 0.25) is 0 Å². The molecule has 0 aliphatic carbocycles. The Morgan fingerprint density at radius 2 is 1.54 bits per heavy atom. The first-order valence-electron chi connectivity index (χ1n) is 5.59. The van der Waals surface area contributed by atoms with Crippen LogP contribution in [0, 0.1) is 11.8 Å². The Balaban J connectivity index is 4.11. The SMILES string of the molecule is CCC(C)C(C)NC(C)(C)C(C)C. The smallest absolute Gasteiger partial charge is 0.0150 e. The lowest BCUT2D eigenvalue weighted by atomic mass is 9.88. The molecule has 0 heterocycles. The van der Waals surface area contributed by atoms with Crippen molar-refractivity contribution >= 4 is 0 Å². The van der Waals surface area contributed by atoms with Gasteiger partial charge in [-0.3, -0.25) is 0 Å². The van der Waals surface area contributed by atoms with E-state index in [2.05, 4.69) is 53.8 Å². The lowest BCUT2D eigenvalue weighted by Crippen LogP contribution is -2.50. The summed E-state index contributed by atoms with van der Waals surface area (Å²) in [6.45, 7) is 16.0. The molecule has 13 heavy (non-hydrogen) atoms. The molecule has 1 heteroatoms. The van der Waals surface area contributed by atoms with E-state index in [9.17, 15) is 0 Å². The normalized spacial score (nSPS) is 17.5. The van der Waals surface area contributed by atoms with Crippen LogP contribution < -0.4 is 5.32 Å². The second-order valence-electron chi connectivity index (χ2n) is 5.19. The molecular formula is C12H27N. The van der Waals surface area contributed by atoms with E-state index >= 15 is 0 Å². The van der Waals surface area contributed by atoms with Gasteiger partial charge in [0.2, 0.25) is 0 Å². The molecule has 0 amide bonds. The molecule has 0 saturated carbocycles. The lowest BCUT2D eigenvalue weighted by molar-refractivity contribution is 0.228. The van der Waals surface area contributed by atoms with Gasteiger partial charge in [0, 0.05) is 11.6 Å². The van der Waals surface area contributed by atoms with E-state index in [-0.39, 0.29) is 5.54 Å². The van der Waals surface area contributed by atoms with Crippen LogP contribution >= 0.6 is 0 Å². The molecule has 0 radical (unpaired) electrons. The molecule has 2 atom stereocenters. The minimum absolute atomic E-state index is 0.253. The first-order chi connectivity index (χ1) is 5.81. The van der Waals surface area contributed by atoms with Gasteiger partial charge in [-0.15, -0.1) is 0 Å². The van der Waals surface area contributed by atoms with Gasteiger partial charge in [-0.05, 0) is 32.6 Å². The molecule has 0 aliphatic rings. The fraction of sp³-hybridized carbons (Fsp3) is 1.00. The van der Waals surface area contributed by atoms with Gasteiger partial charge in [-0.2, -0.15) is 0 Å². The molecule has 2 unspecified atom stereocenters. The first-order valence-corrected chi connectivity index (χ1v) is 5.59. The molecule has 0 spiro atoms. The Labute approximate surface area is 84.3 Å². The largest absolute Gasteiger partial charge is 0.309 e. The second kappa shape index (κ2) is 4.99. The van der Waals surface area contributed by atoms with E-state index in [0.29, 0.717) is 12.0 Å². The highest BCUT2D eigenvalue weighted by Gasteiger charge is 2.25. The van der Waals surface area contributed by atoms with E-state index < -0.39 is 0 Å². The molecule has 0 aliphatic heterocycles. The minimum atomic E-state index is 0.253. The van der Waals surface area contributed by atoms with E-state index in [1.54, 1.807) is 0 Å². The summed E-state index contributed by atoms with van der Waals surface area (Å²) < 4.78 is 0. The van der Waals surface area contributed by atoms with E-state index in [4.69, 9.17) is 0 Å². The van der Waals surface area contributed by atoms with Crippen LogP contribution in [0.4, 0.5) is 0 Å². The van der Waals surface area contributed by atoms with Gasteiger partial charge in [0.05, 0.1) is 0 Å². The highest BCUT2D eigenvalue weighted by atomic mass is 15.0. The van der Waals surface area contributed by atoms with Crippen LogP contribution in [0.15, 0.2) is 0 Å². The third-order valence-electron chi connectivity index (χ3n) is 3.54. The first kappa shape index (κ1) is 13.0. The third-order valence-corrected chi connectivity index (χ3v) is 3.54. The predicted molar refractivity (Wildman–Crippen MR) is 61.0 cm³/mol. The molecule has 1 N–H and O–H groups in total. The van der Waals surface area contributed by atoms with Crippen molar-refractivity contribution in [3.8, 4) is 0 Å². The van der Waals surface area contributed by atoms with Crippen LogP contribution in [0.3, 0.4) is 0 Å². The third kappa shape index (κ3) is 4.12. The van der Waals surface area contributed by atoms with Crippen molar-refractivity contribution in [2.45, 2.75) is 66.5 Å². The summed E-state index contributed by atoms with van der Waals surface area (Å²) in [6.07, 6.45) is 1.25. The molecule has 0 saturated heterocycles. The summed E-state index contributed by atoms with van der Waals surface area (Å²) in [7, 11) is 0. The van der Waals surface area contributed by atoms with Gasteiger partial charge < -0.3 is 5.32 Å². The standard InChI is InChI=1S/C12H27N/c1-8-10(4)11(5)13-12(6,7)9(2)3/h9-11,13H,8H2,1-7H3. The summed E-state index contributed by atoms with van der Waals surface area (Å²) in [6, 6.07) is 0.613.